The number of halogens is 2. The molecular formula is C15H13ClFNO3. The number of anilines is 1. The summed E-state index contributed by atoms with van der Waals surface area (Å²) in [5.74, 6) is 0.0982. The van der Waals surface area contributed by atoms with Crippen LogP contribution in [0.15, 0.2) is 42.5 Å². The molecule has 110 valence electrons. The first kappa shape index (κ1) is 15.1. The number of rotatable bonds is 4. The number of amides is 1. The first-order valence-electron chi connectivity index (χ1n) is 6.26. The van der Waals surface area contributed by atoms with Crippen molar-refractivity contribution in [2.24, 2.45) is 0 Å². The van der Waals surface area contributed by atoms with Crippen LogP contribution in [0.3, 0.4) is 0 Å². The second kappa shape index (κ2) is 6.95. The molecule has 0 spiro atoms. The van der Waals surface area contributed by atoms with Crippen molar-refractivity contribution >= 4 is 23.4 Å². The number of para-hydroxylation sites is 2. The van der Waals surface area contributed by atoms with Gasteiger partial charge in [-0.05, 0) is 37.3 Å². The van der Waals surface area contributed by atoms with E-state index >= 15 is 0 Å². The molecule has 0 aliphatic heterocycles. The minimum atomic E-state index is -0.740. The van der Waals surface area contributed by atoms with Crippen molar-refractivity contribution in [2.45, 2.75) is 6.92 Å². The Morgan fingerprint density at radius 1 is 1.24 bits per heavy atom. The van der Waals surface area contributed by atoms with E-state index in [4.69, 9.17) is 21.1 Å². The van der Waals surface area contributed by atoms with E-state index in [1.54, 1.807) is 24.3 Å². The Balaban J connectivity index is 2.08. The first-order valence-corrected chi connectivity index (χ1v) is 6.63. The normalized spacial score (nSPS) is 10.0. The molecule has 21 heavy (non-hydrogen) atoms. The SMILES string of the molecule is CCOc1ccccc1NC(=O)Oc1ccc(F)cc1Cl. The van der Waals surface area contributed by atoms with Gasteiger partial charge in [0.05, 0.1) is 17.3 Å². The molecule has 2 aromatic carbocycles. The third kappa shape index (κ3) is 4.10. The number of benzene rings is 2. The van der Waals surface area contributed by atoms with E-state index in [0.717, 1.165) is 12.1 Å². The molecular weight excluding hydrogens is 297 g/mol. The summed E-state index contributed by atoms with van der Waals surface area (Å²) in [5.41, 5.74) is 0.475. The van der Waals surface area contributed by atoms with Crippen LogP contribution in [0.2, 0.25) is 5.02 Å². The summed E-state index contributed by atoms with van der Waals surface area (Å²) < 4.78 is 23.3. The van der Waals surface area contributed by atoms with Crippen molar-refractivity contribution in [3.05, 3.63) is 53.3 Å². The van der Waals surface area contributed by atoms with Crippen molar-refractivity contribution in [2.75, 3.05) is 11.9 Å². The average molecular weight is 310 g/mol. The molecule has 6 heteroatoms. The Bertz CT molecular complexity index is 649. The average Bonchev–Trinajstić information content (AvgIpc) is 2.44. The largest absolute Gasteiger partial charge is 0.492 e. The van der Waals surface area contributed by atoms with Crippen molar-refractivity contribution in [3.8, 4) is 11.5 Å². The number of hydrogen-bond acceptors (Lipinski definition) is 3. The highest BCUT2D eigenvalue weighted by Crippen LogP contribution is 2.27. The summed E-state index contributed by atoms with van der Waals surface area (Å²) >= 11 is 5.79. The molecule has 0 aromatic heterocycles. The van der Waals surface area contributed by atoms with Gasteiger partial charge in [-0.2, -0.15) is 0 Å². The van der Waals surface area contributed by atoms with E-state index in [0.29, 0.717) is 18.0 Å². The summed E-state index contributed by atoms with van der Waals surface area (Å²) in [7, 11) is 0. The second-order valence-electron chi connectivity index (χ2n) is 4.02. The third-order valence-electron chi connectivity index (χ3n) is 2.52. The van der Waals surface area contributed by atoms with Crippen LogP contribution < -0.4 is 14.8 Å². The molecule has 2 aromatic rings. The van der Waals surface area contributed by atoms with E-state index in [1.165, 1.54) is 6.07 Å². The van der Waals surface area contributed by atoms with Gasteiger partial charge >= 0.3 is 6.09 Å². The lowest BCUT2D eigenvalue weighted by atomic mass is 10.3. The minimum Gasteiger partial charge on any atom is -0.492 e. The van der Waals surface area contributed by atoms with E-state index in [1.807, 2.05) is 6.92 Å². The van der Waals surface area contributed by atoms with Gasteiger partial charge in [0.15, 0.2) is 5.75 Å². The molecule has 0 bridgehead atoms. The van der Waals surface area contributed by atoms with Gasteiger partial charge < -0.3 is 9.47 Å². The number of ether oxygens (including phenoxy) is 2. The Morgan fingerprint density at radius 2 is 2.00 bits per heavy atom. The maximum atomic E-state index is 12.9. The zero-order valence-electron chi connectivity index (χ0n) is 11.2. The molecule has 2 rings (SSSR count). The fourth-order valence-corrected chi connectivity index (χ4v) is 1.85. The molecule has 0 heterocycles. The topological polar surface area (TPSA) is 47.6 Å². The van der Waals surface area contributed by atoms with Gasteiger partial charge in [0.2, 0.25) is 0 Å². The molecule has 0 fully saturated rings. The van der Waals surface area contributed by atoms with Crippen LogP contribution in [0, 0.1) is 5.82 Å². The molecule has 0 saturated carbocycles. The first-order chi connectivity index (χ1) is 10.1. The lowest BCUT2D eigenvalue weighted by Gasteiger charge is -2.11. The number of nitrogens with one attached hydrogen (secondary N) is 1. The molecule has 0 unspecified atom stereocenters. The van der Waals surface area contributed by atoms with Crippen LogP contribution >= 0.6 is 11.6 Å². The predicted molar refractivity (Wildman–Crippen MR) is 78.7 cm³/mol. The van der Waals surface area contributed by atoms with E-state index < -0.39 is 11.9 Å². The van der Waals surface area contributed by atoms with Crippen LogP contribution in [0.1, 0.15) is 6.92 Å². The smallest absolute Gasteiger partial charge is 0.417 e. The van der Waals surface area contributed by atoms with E-state index in [2.05, 4.69) is 5.32 Å². The van der Waals surface area contributed by atoms with Gasteiger partial charge in [-0.3, -0.25) is 5.32 Å². The Morgan fingerprint density at radius 3 is 2.71 bits per heavy atom. The zero-order chi connectivity index (χ0) is 15.2. The van der Waals surface area contributed by atoms with E-state index in [-0.39, 0.29) is 10.8 Å². The monoisotopic (exact) mass is 309 g/mol. The molecule has 1 amide bonds. The fraction of sp³-hybridized carbons (Fsp3) is 0.133. The summed E-state index contributed by atoms with van der Waals surface area (Å²) in [6.07, 6.45) is -0.740. The van der Waals surface area contributed by atoms with Gasteiger partial charge in [-0.25, -0.2) is 9.18 Å². The van der Waals surface area contributed by atoms with Gasteiger partial charge in [0.25, 0.3) is 0 Å². The van der Waals surface area contributed by atoms with Gasteiger partial charge in [0.1, 0.15) is 11.6 Å². The van der Waals surface area contributed by atoms with Crippen molar-refractivity contribution in [3.63, 3.8) is 0 Å². The summed E-state index contributed by atoms with van der Waals surface area (Å²) in [6.45, 7) is 2.31. The highest BCUT2D eigenvalue weighted by Gasteiger charge is 2.11. The quantitative estimate of drug-likeness (QED) is 0.905. The minimum absolute atomic E-state index is 0.0169. The van der Waals surface area contributed by atoms with Gasteiger partial charge in [-0.15, -0.1) is 0 Å². The Hall–Kier alpha value is -2.27. The molecule has 0 atom stereocenters. The van der Waals surface area contributed by atoms with Crippen molar-refractivity contribution < 1.29 is 18.7 Å². The Labute approximate surface area is 126 Å². The summed E-state index contributed by atoms with van der Waals surface area (Å²) in [4.78, 5) is 11.8. The molecule has 4 nitrogen and oxygen atoms in total. The number of hydrogen-bond donors (Lipinski definition) is 1. The maximum Gasteiger partial charge on any atom is 0.417 e. The Kier molecular flexibility index (Phi) is 5.00. The number of carbonyl (C=O) groups is 1. The molecule has 0 aliphatic rings. The molecule has 0 aliphatic carbocycles. The molecule has 0 saturated heterocycles. The predicted octanol–water partition coefficient (Wildman–Crippen LogP) is 4.49. The van der Waals surface area contributed by atoms with Gasteiger partial charge in [-0.1, -0.05) is 23.7 Å². The van der Waals surface area contributed by atoms with Crippen LogP contribution in [-0.2, 0) is 0 Å². The standard InChI is InChI=1S/C15H13ClFNO3/c1-2-20-14-6-4-3-5-12(14)18-15(19)21-13-8-7-10(17)9-11(13)16/h3-9H,2H2,1H3,(H,18,19). The lowest BCUT2D eigenvalue weighted by molar-refractivity contribution is 0.215. The number of carbonyl (C=O) groups excluding carboxylic acids is 1. The van der Waals surface area contributed by atoms with Crippen LogP contribution in [0.25, 0.3) is 0 Å². The molecule has 0 radical (unpaired) electrons. The summed E-state index contributed by atoms with van der Waals surface area (Å²) in [5, 5.41) is 2.56. The van der Waals surface area contributed by atoms with Crippen molar-refractivity contribution in [1.82, 2.24) is 0 Å². The van der Waals surface area contributed by atoms with E-state index in [9.17, 15) is 9.18 Å². The molecule has 1 N–H and O–H groups in total. The van der Waals surface area contributed by atoms with Crippen LogP contribution in [0.4, 0.5) is 14.9 Å². The van der Waals surface area contributed by atoms with Crippen LogP contribution in [0.5, 0.6) is 11.5 Å². The third-order valence-corrected chi connectivity index (χ3v) is 2.82. The summed E-state index contributed by atoms with van der Waals surface area (Å²) in [6, 6.07) is 10.5. The highest BCUT2D eigenvalue weighted by atomic mass is 35.5. The highest BCUT2D eigenvalue weighted by molar-refractivity contribution is 6.32. The van der Waals surface area contributed by atoms with Crippen LogP contribution in [-0.4, -0.2) is 12.7 Å². The van der Waals surface area contributed by atoms with Gasteiger partial charge in [0, 0.05) is 0 Å². The lowest BCUT2D eigenvalue weighted by Crippen LogP contribution is -2.17. The van der Waals surface area contributed by atoms with Crippen molar-refractivity contribution in [1.29, 1.82) is 0 Å². The maximum absolute atomic E-state index is 12.9. The second-order valence-corrected chi connectivity index (χ2v) is 4.43. The zero-order valence-corrected chi connectivity index (χ0v) is 12.0. The fourth-order valence-electron chi connectivity index (χ4n) is 1.64.